The van der Waals surface area contributed by atoms with E-state index in [4.69, 9.17) is 4.42 Å². The second-order valence-corrected chi connectivity index (χ2v) is 7.34. The highest BCUT2D eigenvalue weighted by atomic mass is 16.4. The number of benzene rings is 2. The maximum atomic E-state index is 12.8. The molecule has 0 saturated carbocycles. The number of hydrogen-bond acceptors (Lipinski definition) is 6. The van der Waals surface area contributed by atoms with Gasteiger partial charge in [-0.25, -0.2) is 4.79 Å². The van der Waals surface area contributed by atoms with Gasteiger partial charge in [0.05, 0.1) is 11.7 Å². The number of phenolic OH excluding ortho intramolecular Hbond substituents is 2. The molecule has 0 aliphatic heterocycles. The van der Waals surface area contributed by atoms with Crippen molar-refractivity contribution in [2.75, 3.05) is 0 Å². The lowest BCUT2D eigenvalue weighted by atomic mass is 9.87. The predicted molar refractivity (Wildman–Crippen MR) is 113 cm³/mol. The topological polar surface area (TPSA) is 111 Å². The van der Waals surface area contributed by atoms with Gasteiger partial charge in [0.1, 0.15) is 23.0 Å². The second-order valence-electron chi connectivity index (χ2n) is 7.34. The van der Waals surface area contributed by atoms with Gasteiger partial charge in [-0.2, -0.15) is 0 Å². The number of aliphatic hydroxyl groups excluding tert-OH is 1. The first-order valence-corrected chi connectivity index (χ1v) is 9.98. The standard InChI is InChI=1S/C24H26O6/c1-3-18(14-5-9-16(25)10-6-14)22-20(27)13-21(30-24(22)29)19(4-2)23(28)15-7-11-17(26)12-8-15/h5-13,18-19,23,25-28H,3-4H2,1-2H3. The van der Waals surface area contributed by atoms with Gasteiger partial charge in [0, 0.05) is 17.9 Å². The van der Waals surface area contributed by atoms with Crippen LogP contribution in [0, 0.1) is 0 Å². The Hall–Kier alpha value is -3.25. The molecule has 2 aromatic carbocycles. The number of aromatic hydroxyl groups is 3. The largest absolute Gasteiger partial charge is 0.508 e. The fourth-order valence-corrected chi connectivity index (χ4v) is 3.81. The molecule has 4 N–H and O–H groups in total. The third kappa shape index (κ3) is 4.33. The molecule has 6 nitrogen and oxygen atoms in total. The molecule has 3 rings (SSSR count). The van der Waals surface area contributed by atoms with Crippen molar-refractivity contribution in [3.8, 4) is 17.2 Å². The molecule has 6 heteroatoms. The molecule has 3 aromatic rings. The Bertz CT molecular complexity index is 1040. The Morgan fingerprint density at radius 3 is 1.83 bits per heavy atom. The van der Waals surface area contributed by atoms with E-state index in [0.717, 1.165) is 5.56 Å². The molecule has 30 heavy (non-hydrogen) atoms. The molecule has 0 aliphatic carbocycles. The van der Waals surface area contributed by atoms with E-state index in [1.807, 2.05) is 13.8 Å². The van der Waals surface area contributed by atoms with E-state index in [9.17, 15) is 25.2 Å². The van der Waals surface area contributed by atoms with Gasteiger partial charge in [-0.3, -0.25) is 0 Å². The van der Waals surface area contributed by atoms with Crippen molar-refractivity contribution >= 4 is 0 Å². The van der Waals surface area contributed by atoms with Crippen LogP contribution in [0.2, 0.25) is 0 Å². The molecule has 0 amide bonds. The van der Waals surface area contributed by atoms with Gasteiger partial charge < -0.3 is 24.8 Å². The molecule has 0 fully saturated rings. The number of aliphatic hydroxyl groups is 1. The Labute approximate surface area is 174 Å². The van der Waals surface area contributed by atoms with Crippen LogP contribution in [0.5, 0.6) is 17.2 Å². The quantitative estimate of drug-likeness (QED) is 0.456. The second kappa shape index (κ2) is 9.05. The van der Waals surface area contributed by atoms with Gasteiger partial charge in [-0.1, -0.05) is 38.1 Å². The van der Waals surface area contributed by atoms with Gasteiger partial charge in [-0.15, -0.1) is 0 Å². The summed E-state index contributed by atoms with van der Waals surface area (Å²) in [7, 11) is 0. The van der Waals surface area contributed by atoms with Crippen molar-refractivity contribution in [2.45, 2.75) is 44.6 Å². The first-order valence-electron chi connectivity index (χ1n) is 9.98. The first kappa shape index (κ1) is 21.5. The molecular weight excluding hydrogens is 384 g/mol. The van der Waals surface area contributed by atoms with E-state index < -0.39 is 23.6 Å². The highest BCUT2D eigenvalue weighted by molar-refractivity contribution is 5.42. The lowest BCUT2D eigenvalue weighted by Gasteiger charge is -2.22. The van der Waals surface area contributed by atoms with E-state index in [-0.39, 0.29) is 28.6 Å². The van der Waals surface area contributed by atoms with Crippen LogP contribution in [0.25, 0.3) is 0 Å². The zero-order valence-corrected chi connectivity index (χ0v) is 16.9. The monoisotopic (exact) mass is 410 g/mol. The van der Waals surface area contributed by atoms with E-state index in [0.29, 0.717) is 18.4 Å². The molecule has 0 spiro atoms. The van der Waals surface area contributed by atoms with Crippen molar-refractivity contribution in [2.24, 2.45) is 0 Å². The molecule has 3 atom stereocenters. The van der Waals surface area contributed by atoms with Gasteiger partial charge >= 0.3 is 5.63 Å². The van der Waals surface area contributed by atoms with E-state index in [1.165, 1.54) is 30.3 Å². The Morgan fingerprint density at radius 2 is 1.37 bits per heavy atom. The molecule has 1 heterocycles. The number of hydrogen-bond donors (Lipinski definition) is 4. The summed E-state index contributed by atoms with van der Waals surface area (Å²) in [5.74, 6) is -0.710. The molecule has 0 aliphatic rings. The number of phenols is 2. The molecule has 3 unspecified atom stereocenters. The van der Waals surface area contributed by atoms with Crippen LogP contribution in [0.15, 0.2) is 63.8 Å². The summed E-state index contributed by atoms with van der Waals surface area (Å²) < 4.78 is 5.56. The van der Waals surface area contributed by atoms with Crippen molar-refractivity contribution in [3.05, 3.63) is 87.5 Å². The molecular formula is C24H26O6. The average Bonchev–Trinajstić information content (AvgIpc) is 2.72. The minimum Gasteiger partial charge on any atom is -0.508 e. The molecule has 1 aromatic heterocycles. The van der Waals surface area contributed by atoms with Crippen molar-refractivity contribution in [3.63, 3.8) is 0 Å². The molecule has 0 saturated heterocycles. The van der Waals surface area contributed by atoms with Gasteiger partial charge in [0.15, 0.2) is 0 Å². The van der Waals surface area contributed by atoms with Crippen LogP contribution >= 0.6 is 0 Å². The third-order valence-electron chi connectivity index (χ3n) is 5.46. The van der Waals surface area contributed by atoms with E-state index >= 15 is 0 Å². The van der Waals surface area contributed by atoms with Crippen LogP contribution in [-0.4, -0.2) is 20.4 Å². The minimum atomic E-state index is -0.969. The van der Waals surface area contributed by atoms with Gasteiger partial charge in [-0.05, 0) is 48.2 Å². The lowest BCUT2D eigenvalue weighted by Crippen LogP contribution is -2.17. The molecule has 158 valence electrons. The lowest BCUT2D eigenvalue weighted by molar-refractivity contribution is 0.129. The summed E-state index contributed by atoms with van der Waals surface area (Å²) in [4.78, 5) is 12.8. The van der Waals surface area contributed by atoms with Gasteiger partial charge in [0.2, 0.25) is 0 Å². The highest BCUT2D eigenvalue weighted by Crippen LogP contribution is 2.38. The summed E-state index contributed by atoms with van der Waals surface area (Å²) in [5.41, 5.74) is 0.852. The summed E-state index contributed by atoms with van der Waals surface area (Å²) in [5, 5.41) is 40.4. The summed E-state index contributed by atoms with van der Waals surface area (Å²) in [6.45, 7) is 3.75. The maximum Gasteiger partial charge on any atom is 0.343 e. The smallest absolute Gasteiger partial charge is 0.343 e. The Balaban J connectivity index is 1.98. The minimum absolute atomic E-state index is 0.0902. The number of rotatable bonds is 7. The zero-order valence-electron chi connectivity index (χ0n) is 16.9. The maximum absolute atomic E-state index is 12.8. The first-order chi connectivity index (χ1) is 14.3. The van der Waals surface area contributed by atoms with Gasteiger partial charge in [0.25, 0.3) is 0 Å². The van der Waals surface area contributed by atoms with Crippen LogP contribution in [-0.2, 0) is 0 Å². The third-order valence-corrected chi connectivity index (χ3v) is 5.46. The fourth-order valence-electron chi connectivity index (χ4n) is 3.81. The average molecular weight is 410 g/mol. The summed E-state index contributed by atoms with van der Waals surface area (Å²) in [6.07, 6.45) is 0.0532. The van der Waals surface area contributed by atoms with Crippen LogP contribution in [0.3, 0.4) is 0 Å². The highest BCUT2D eigenvalue weighted by Gasteiger charge is 2.28. The molecule has 0 radical (unpaired) electrons. The summed E-state index contributed by atoms with van der Waals surface area (Å²) >= 11 is 0. The fraction of sp³-hybridized carbons (Fsp3) is 0.292. The SMILES string of the molecule is CCC(c1ccc(O)cc1)c1c(O)cc(C(CC)C(O)c2ccc(O)cc2)oc1=O. The van der Waals surface area contributed by atoms with Crippen LogP contribution in [0.4, 0.5) is 0 Å². The Morgan fingerprint density at radius 1 is 0.833 bits per heavy atom. The van der Waals surface area contributed by atoms with Crippen LogP contribution in [0.1, 0.15) is 67.1 Å². The van der Waals surface area contributed by atoms with E-state index in [2.05, 4.69) is 0 Å². The van der Waals surface area contributed by atoms with Crippen molar-refractivity contribution in [1.29, 1.82) is 0 Å². The van der Waals surface area contributed by atoms with Crippen molar-refractivity contribution in [1.82, 2.24) is 0 Å². The molecule has 0 bridgehead atoms. The van der Waals surface area contributed by atoms with Crippen LogP contribution < -0.4 is 5.63 Å². The normalized spacial score (nSPS) is 14.2. The Kier molecular flexibility index (Phi) is 6.47. The van der Waals surface area contributed by atoms with E-state index in [1.54, 1.807) is 24.3 Å². The van der Waals surface area contributed by atoms with Crippen molar-refractivity contribution < 1.29 is 24.8 Å². The summed E-state index contributed by atoms with van der Waals surface area (Å²) in [6, 6.07) is 14.0. The zero-order chi connectivity index (χ0) is 21.8. The predicted octanol–water partition coefficient (Wildman–Crippen LogP) is 4.53.